The van der Waals surface area contributed by atoms with Crippen molar-refractivity contribution in [2.75, 3.05) is 11.9 Å². The van der Waals surface area contributed by atoms with Crippen LogP contribution in [0.4, 0.5) is 5.69 Å². The van der Waals surface area contributed by atoms with E-state index in [1.807, 2.05) is 48.5 Å². The van der Waals surface area contributed by atoms with Gasteiger partial charge in [0.15, 0.2) is 6.61 Å². The van der Waals surface area contributed by atoms with Crippen molar-refractivity contribution in [3.8, 4) is 11.5 Å². The fourth-order valence-corrected chi connectivity index (χ4v) is 2.51. The van der Waals surface area contributed by atoms with Gasteiger partial charge in [-0.3, -0.25) is 4.79 Å². The molecule has 0 spiro atoms. The average molecular weight is 368 g/mol. The van der Waals surface area contributed by atoms with Gasteiger partial charge in [-0.1, -0.05) is 66.2 Å². The van der Waals surface area contributed by atoms with Gasteiger partial charge in [0, 0.05) is 0 Å². The van der Waals surface area contributed by atoms with Gasteiger partial charge in [-0.2, -0.15) is 0 Å². The van der Waals surface area contributed by atoms with E-state index in [-0.39, 0.29) is 12.5 Å². The Morgan fingerprint density at radius 2 is 1.46 bits per heavy atom. The largest absolute Gasteiger partial charge is 0.487 e. The monoisotopic (exact) mass is 367 g/mol. The van der Waals surface area contributed by atoms with Gasteiger partial charge >= 0.3 is 0 Å². The minimum absolute atomic E-state index is 0.142. The molecule has 5 heteroatoms. The second-order valence-corrected chi connectivity index (χ2v) is 5.94. The lowest BCUT2D eigenvalue weighted by Gasteiger charge is -2.13. The first-order chi connectivity index (χ1) is 12.7. The minimum atomic E-state index is -0.291. The maximum Gasteiger partial charge on any atom is 0.262 e. The molecule has 1 N–H and O–H groups in total. The van der Waals surface area contributed by atoms with Crippen LogP contribution in [0.1, 0.15) is 5.56 Å². The van der Waals surface area contributed by atoms with E-state index in [0.29, 0.717) is 28.8 Å². The summed E-state index contributed by atoms with van der Waals surface area (Å²) in [6.07, 6.45) is 0. The number of hydrogen-bond donors (Lipinski definition) is 1. The molecule has 0 aromatic heterocycles. The number of carbonyl (C=O) groups is 1. The van der Waals surface area contributed by atoms with Crippen molar-refractivity contribution in [1.29, 1.82) is 0 Å². The van der Waals surface area contributed by atoms with Gasteiger partial charge in [-0.15, -0.1) is 0 Å². The van der Waals surface area contributed by atoms with Crippen molar-refractivity contribution in [3.05, 3.63) is 89.4 Å². The molecule has 0 fully saturated rings. The van der Waals surface area contributed by atoms with E-state index in [9.17, 15) is 4.79 Å². The van der Waals surface area contributed by atoms with Crippen LogP contribution in [-0.4, -0.2) is 12.5 Å². The lowest BCUT2D eigenvalue weighted by Crippen LogP contribution is -2.20. The molecule has 0 bridgehead atoms. The number of carbonyl (C=O) groups excluding carboxylic acids is 1. The van der Waals surface area contributed by atoms with Crippen LogP contribution < -0.4 is 14.8 Å². The lowest BCUT2D eigenvalue weighted by molar-refractivity contribution is -0.118. The highest BCUT2D eigenvalue weighted by molar-refractivity contribution is 6.32. The summed E-state index contributed by atoms with van der Waals surface area (Å²) in [6.45, 7) is 0.278. The predicted molar refractivity (Wildman–Crippen MR) is 103 cm³/mol. The van der Waals surface area contributed by atoms with E-state index in [1.165, 1.54) is 0 Å². The second kappa shape index (κ2) is 8.92. The van der Waals surface area contributed by atoms with Crippen LogP contribution in [0.15, 0.2) is 78.9 Å². The Labute approximate surface area is 157 Å². The lowest BCUT2D eigenvalue weighted by atomic mass is 10.2. The third-order valence-electron chi connectivity index (χ3n) is 3.59. The fourth-order valence-electron chi connectivity index (χ4n) is 2.32. The van der Waals surface area contributed by atoms with Crippen molar-refractivity contribution in [2.45, 2.75) is 6.61 Å². The maximum absolute atomic E-state index is 12.2. The van der Waals surface area contributed by atoms with Crippen LogP contribution >= 0.6 is 11.6 Å². The molecular formula is C21H18ClNO3. The summed E-state index contributed by atoms with van der Waals surface area (Å²) in [5.41, 5.74) is 1.65. The molecule has 0 aliphatic rings. The van der Waals surface area contributed by atoms with Gasteiger partial charge < -0.3 is 14.8 Å². The number of anilines is 1. The molecular weight excluding hydrogens is 350 g/mol. The van der Waals surface area contributed by atoms with Crippen molar-refractivity contribution < 1.29 is 14.3 Å². The molecule has 26 heavy (non-hydrogen) atoms. The number of hydrogen-bond acceptors (Lipinski definition) is 3. The van der Waals surface area contributed by atoms with Crippen molar-refractivity contribution >= 4 is 23.2 Å². The number of benzene rings is 3. The zero-order chi connectivity index (χ0) is 18.2. The number of ether oxygens (including phenoxy) is 2. The van der Waals surface area contributed by atoms with Gasteiger partial charge in [0.2, 0.25) is 0 Å². The molecule has 0 unspecified atom stereocenters. The van der Waals surface area contributed by atoms with Gasteiger partial charge in [-0.05, 0) is 29.8 Å². The van der Waals surface area contributed by atoms with E-state index in [2.05, 4.69) is 5.32 Å². The normalized spacial score (nSPS) is 10.2. The number of nitrogens with one attached hydrogen (secondary N) is 1. The summed E-state index contributed by atoms with van der Waals surface area (Å²) >= 11 is 6.02. The van der Waals surface area contributed by atoms with E-state index in [1.54, 1.807) is 30.3 Å². The summed E-state index contributed by atoms with van der Waals surface area (Å²) in [6, 6.07) is 24.2. The number of amides is 1. The summed E-state index contributed by atoms with van der Waals surface area (Å²) < 4.78 is 11.3. The molecule has 132 valence electrons. The highest BCUT2D eigenvalue weighted by atomic mass is 35.5. The Morgan fingerprint density at radius 3 is 2.23 bits per heavy atom. The molecule has 0 aliphatic heterocycles. The number of halogens is 1. The molecule has 1 amide bonds. The highest BCUT2D eigenvalue weighted by Gasteiger charge is 2.09. The third-order valence-corrected chi connectivity index (χ3v) is 3.91. The van der Waals surface area contributed by atoms with Gasteiger partial charge in [0.25, 0.3) is 5.91 Å². The fraction of sp³-hybridized carbons (Fsp3) is 0.0952. The zero-order valence-corrected chi connectivity index (χ0v) is 14.8. The zero-order valence-electron chi connectivity index (χ0n) is 14.0. The highest BCUT2D eigenvalue weighted by Crippen LogP contribution is 2.25. The van der Waals surface area contributed by atoms with E-state index < -0.39 is 0 Å². The first-order valence-electron chi connectivity index (χ1n) is 8.15. The number of rotatable bonds is 7. The molecule has 0 heterocycles. The smallest absolute Gasteiger partial charge is 0.262 e. The van der Waals surface area contributed by atoms with Crippen LogP contribution in [0.3, 0.4) is 0 Å². The Morgan fingerprint density at radius 1 is 0.808 bits per heavy atom. The van der Waals surface area contributed by atoms with Crippen LogP contribution in [-0.2, 0) is 11.4 Å². The average Bonchev–Trinajstić information content (AvgIpc) is 2.67. The van der Waals surface area contributed by atoms with Gasteiger partial charge in [-0.25, -0.2) is 0 Å². The summed E-state index contributed by atoms with van der Waals surface area (Å²) in [4.78, 5) is 12.2. The Balaban J connectivity index is 1.59. The summed E-state index contributed by atoms with van der Waals surface area (Å²) in [5, 5.41) is 3.27. The van der Waals surface area contributed by atoms with Crippen LogP contribution in [0.5, 0.6) is 11.5 Å². The maximum atomic E-state index is 12.2. The Kier molecular flexibility index (Phi) is 6.12. The molecule has 0 atom stereocenters. The van der Waals surface area contributed by atoms with Crippen LogP contribution in [0.2, 0.25) is 5.02 Å². The molecule has 0 saturated heterocycles. The summed E-state index contributed by atoms with van der Waals surface area (Å²) in [7, 11) is 0. The first-order valence-corrected chi connectivity index (χ1v) is 8.53. The summed E-state index contributed by atoms with van der Waals surface area (Å²) in [5.74, 6) is 0.779. The van der Waals surface area contributed by atoms with Crippen molar-refractivity contribution in [1.82, 2.24) is 0 Å². The Hall–Kier alpha value is -2.98. The molecule has 0 aliphatic carbocycles. The Bertz CT molecular complexity index is 868. The quantitative estimate of drug-likeness (QED) is 0.643. The van der Waals surface area contributed by atoms with E-state index in [4.69, 9.17) is 21.1 Å². The van der Waals surface area contributed by atoms with Crippen LogP contribution in [0.25, 0.3) is 0 Å². The first kappa shape index (κ1) is 17.8. The SMILES string of the molecule is O=C(COc1ccccc1Cl)Nc1ccccc1OCc1ccccc1. The second-order valence-electron chi connectivity index (χ2n) is 5.54. The molecule has 4 nitrogen and oxygen atoms in total. The molecule has 3 rings (SSSR count). The predicted octanol–water partition coefficient (Wildman–Crippen LogP) is 4.94. The molecule has 0 radical (unpaired) electrons. The molecule has 0 saturated carbocycles. The van der Waals surface area contributed by atoms with E-state index in [0.717, 1.165) is 5.56 Å². The van der Waals surface area contributed by atoms with Gasteiger partial charge in [0.1, 0.15) is 18.1 Å². The standard InChI is InChI=1S/C21H18ClNO3/c22-17-10-4-6-12-19(17)26-15-21(24)23-18-11-5-7-13-20(18)25-14-16-8-2-1-3-9-16/h1-13H,14-15H2,(H,23,24). The van der Waals surface area contributed by atoms with E-state index >= 15 is 0 Å². The minimum Gasteiger partial charge on any atom is -0.487 e. The van der Waals surface area contributed by atoms with Gasteiger partial charge in [0.05, 0.1) is 10.7 Å². The van der Waals surface area contributed by atoms with Crippen LogP contribution in [0, 0.1) is 0 Å². The topological polar surface area (TPSA) is 47.6 Å². The third kappa shape index (κ3) is 5.01. The van der Waals surface area contributed by atoms with Crippen molar-refractivity contribution in [3.63, 3.8) is 0 Å². The molecule has 3 aromatic carbocycles. The number of para-hydroxylation sites is 3. The molecule has 3 aromatic rings. The van der Waals surface area contributed by atoms with Crippen molar-refractivity contribution in [2.24, 2.45) is 0 Å².